The largest absolute Gasteiger partial charge is 0.493 e. The molecule has 1 spiro atoms. The van der Waals surface area contributed by atoms with Crippen LogP contribution in [0.3, 0.4) is 0 Å². The van der Waals surface area contributed by atoms with Gasteiger partial charge in [-0.3, -0.25) is 4.79 Å². The van der Waals surface area contributed by atoms with E-state index in [2.05, 4.69) is 29.0 Å². The van der Waals surface area contributed by atoms with Crippen LogP contribution in [-0.2, 0) is 16.0 Å². The van der Waals surface area contributed by atoms with Gasteiger partial charge in [0.2, 0.25) is 11.8 Å². The molecular weight excluding hydrogens is 446 g/mol. The molecule has 0 unspecified atom stereocenters. The van der Waals surface area contributed by atoms with Crippen molar-refractivity contribution < 1.29 is 23.7 Å². The summed E-state index contributed by atoms with van der Waals surface area (Å²) in [7, 11) is 1.58. The van der Waals surface area contributed by atoms with Crippen LogP contribution in [0.2, 0.25) is 0 Å². The third-order valence-electron chi connectivity index (χ3n) is 6.88. The van der Waals surface area contributed by atoms with Gasteiger partial charge in [-0.25, -0.2) is 9.97 Å². The Morgan fingerprint density at radius 1 is 1.14 bits per heavy atom. The number of rotatable bonds is 7. The van der Waals surface area contributed by atoms with E-state index in [0.717, 1.165) is 32.7 Å². The Balaban J connectivity index is 1.16. The lowest BCUT2D eigenvalue weighted by molar-refractivity contribution is -0.195. The van der Waals surface area contributed by atoms with E-state index in [1.54, 1.807) is 13.2 Å². The van der Waals surface area contributed by atoms with Crippen LogP contribution >= 0.6 is 0 Å². The molecule has 2 aromatic carbocycles. The number of methoxy groups -OCH3 is 1. The summed E-state index contributed by atoms with van der Waals surface area (Å²) < 4.78 is 22.9. The molecule has 1 aliphatic carbocycles. The van der Waals surface area contributed by atoms with E-state index in [-0.39, 0.29) is 17.9 Å². The van der Waals surface area contributed by atoms with Crippen LogP contribution < -0.4 is 14.2 Å². The van der Waals surface area contributed by atoms with Crippen molar-refractivity contribution in [3.05, 3.63) is 53.4 Å². The molecule has 2 fully saturated rings. The first-order valence-corrected chi connectivity index (χ1v) is 11.8. The fourth-order valence-corrected chi connectivity index (χ4v) is 4.97. The molecule has 0 bridgehead atoms. The third kappa shape index (κ3) is 4.08. The van der Waals surface area contributed by atoms with Gasteiger partial charge in [-0.1, -0.05) is 17.7 Å². The number of fused-ring (bicyclic) bond motifs is 2. The molecule has 8 heteroatoms. The number of likely N-dealkylation sites (tertiary alicyclic amines) is 1. The second kappa shape index (κ2) is 8.53. The second-order valence-corrected chi connectivity index (χ2v) is 9.67. The number of ether oxygens (including phenoxy) is 4. The minimum Gasteiger partial charge on any atom is -0.493 e. The van der Waals surface area contributed by atoms with Gasteiger partial charge in [0.1, 0.15) is 12.1 Å². The molecule has 1 aromatic heterocycles. The predicted molar refractivity (Wildman–Crippen MR) is 130 cm³/mol. The van der Waals surface area contributed by atoms with E-state index in [0.29, 0.717) is 40.5 Å². The molecule has 2 aliphatic heterocycles. The van der Waals surface area contributed by atoms with Crippen LogP contribution in [0.1, 0.15) is 24.5 Å². The third-order valence-corrected chi connectivity index (χ3v) is 6.88. The van der Waals surface area contributed by atoms with Crippen molar-refractivity contribution in [1.29, 1.82) is 0 Å². The molecule has 0 atom stereocenters. The van der Waals surface area contributed by atoms with Crippen molar-refractivity contribution in [2.24, 2.45) is 5.41 Å². The smallest absolute Gasteiger partial charge is 0.230 e. The Kier molecular flexibility index (Phi) is 5.33. The highest BCUT2D eigenvalue weighted by molar-refractivity contribution is 5.87. The zero-order valence-corrected chi connectivity index (χ0v) is 19.9. The average molecular weight is 474 g/mol. The summed E-state index contributed by atoms with van der Waals surface area (Å²) in [6.07, 6.45) is 4.94. The molecule has 35 heavy (non-hydrogen) atoms. The minimum absolute atomic E-state index is 0.0969. The summed E-state index contributed by atoms with van der Waals surface area (Å²) in [4.78, 5) is 23.1. The first-order valence-electron chi connectivity index (χ1n) is 11.8. The van der Waals surface area contributed by atoms with Crippen molar-refractivity contribution in [3.63, 3.8) is 0 Å². The number of allylic oxidation sites excluding steroid dienone is 1. The summed E-state index contributed by atoms with van der Waals surface area (Å²) in [6, 6.07) is 9.70. The summed E-state index contributed by atoms with van der Waals surface area (Å²) in [5, 5.41) is 0.716. The fraction of sp³-hybridized carbons (Fsp3) is 0.370. The van der Waals surface area contributed by atoms with Gasteiger partial charge in [0.05, 0.1) is 49.7 Å². The van der Waals surface area contributed by atoms with Crippen LogP contribution in [-0.4, -0.2) is 60.8 Å². The van der Waals surface area contributed by atoms with Gasteiger partial charge in [0.25, 0.3) is 0 Å². The number of aromatic nitrogens is 2. The standard InChI is InChI=1S/C27H27N3O5/c1-17-7-18-3-4-20(9-19(18)8-17)35-26-21-10-23(32-2)24(11-22(21)28-16-29-26)34-6-5-25(31)30-12-27(13-30)14-33-15-27/h3-4,8-11,16H,5-7,12-15H2,1-2H3. The molecule has 3 aliphatic rings. The molecular formula is C27H27N3O5. The van der Waals surface area contributed by atoms with E-state index in [4.69, 9.17) is 18.9 Å². The Labute approximate surface area is 203 Å². The maximum Gasteiger partial charge on any atom is 0.230 e. The zero-order chi connectivity index (χ0) is 24.0. The topological polar surface area (TPSA) is 83.0 Å². The number of amides is 1. The molecule has 2 saturated heterocycles. The monoisotopic (exact) mass is 473 g/mol. The Morgan fingerprint density at radius 2 is 2.00 bits per heavy atom. The number of hydrogen-bond acceptors (Lipinski definition) is 7. The van der Waals surface area contributed by atoms with Crippen molar-refractivity contribution in [2.45, 2.75) is 19.8 Å². The molecule has 0 saturated carbocycles. The van der Waals surface area contributed by atoms with Gasteiger partial charge in [-0.15, -0.1) is 0 Å². The highest BCUT2D eigenvalue weighted by Crippen LogP contribution is 2.39. The van der Waals surface area contributed by atoms with E-state index in [1.807, 2.05) is 23.1 Å². The fourth-order valence-electron chi connectivity index (χ4n) is 4.97. The number of carbonyl (C=O) groups excluding carboxylic acids is 1. The number of nitrogens with zero attached hydrogens (tertiary/aromatic N) is 3. The SMILES string of the molecule is COc1cc2c(Oc3ccc4c(c3)C=C(C)C4)ncnc2cc1OCCC(=O)N1CC2(COC2)C1. The molecule has 0 radical (unpaired) electrons. The molecule has 3 aromatic rings. The van der Waals surface area contributed by atoms with Gasteiger partial charge in [0.15, 0.2) is 11.5 Å². The zero-order valence-electron chi connectivity index (χ0n) is 19.9. The quantitative estimate of drug-likeness (QED) is 0.513. The highest BCUT2D eigenvalue weighted by atomic mass is 16.5. The van der Waals surface area contributed by atoms with E-state index >= 15 is 0 Å². The number of carbonyl (C=O) groups is 1. The minimum atomic E-state index is 0.0969. The highest BCUT2D eigenvalue weighted by Gasteiger charge is 2.50. The number of benzene rings is 2. The van der Waals surface area contributed by atoms with Crippen LogP contribution in [0.5, 0.6) is 23.1 Å². The normalized spacial score (nSPS) is 17.4. The first kappa shape index (κ1) is 21.9. The molecule has 1 amide bonds. The molecule has 0 N–H and O–H groups in total. The lowest BCUT2D eigenvalue weighted by Crippen LogP contribution is -2.67. The lowest BCUT2D eigenvalue weighted by Gasteiger charge is -2.55. The average Bonchev–Trinajstić information content (AvgIpc) is 3.16. The van der Waals surface area contributed by atoms with E-state index in [9.17, 15) is 4.79 Å². The van der Waals surface area contributed by atoms with Gasteiger partial charge < -0.3 is 23.8 Å². The lowest BCUT2D eigenvalue weighted by atomic mass is 9.78. The summed E-state index contributed by atoms with van der Waals surface area (Å²) in [5.74, 6) is 2.32. The molecule has 6 rings (SSSR count). The van der Waals surface area contributed by atoms with Gasteiger partial charge in [0, 0.05) is 19.2 Å². The second-order valence-electron chi connectivity index (χ2n) is 9.67. The number of hydrogen-bond donors (Lipinski definition) is 0. The van der Waals surface area contributed by atoms with Gasteiger partial charge in [-0.2, -0.15) is 0 Å². The van der Waals surface area contributed by atoms with Crippen LogP contribution in [0.15, 0.2) is 42.2 Å². The Morgan fingerprint density at radius 3 is 2.77 bits per heavy atom. The first-order chi connectivity index (χ1) is 17.0. The van der Waals surface area contributed by atoms with Gasteiger partial charge >= 0.3 is 0 Å². The van der Waals surface area contributed by atoms with Gasteiger partial charge in [-0.05, 0) is 42.7 Å². The maximum absolute atomic E-state index is 12.5. The van der Waals surface area contributed by atoms with Crippen molar-refractivity contribution in [2.75, 3.05) is 40.0 Å². The summed E-state index contributed by atoms with van der Waals surface area (Å²) >= 11 is 0. The summed E-state index contributed by atoms with van der Waals surface area (Å²) in [5.41, 5.74) is 4.70. The Bertz CT molecular complexity index is 1340. The molecule has 180 valence electrons. The van der Waals surface area contributed by atoms with Crippen LogP contribution in [0, 0.1) is 5.41 Å². The summed E-state index contributed by atoms with van der Waals surface area (Å²) in [6.45, 7) is 5.48. The Hall–Kier alpha value is -3.65. The van der Waals surface area contributed by atoms with Crippen LogP contribution in [0.25, 0.3) is 17.0 Å². The molecule has 3 heterocycles. The predicted octanol–water partition coefficient (Wildman–Crippen LogP) is 4.02. The van der Waals surface area contributed by atoms with Crippen molar-refractivity contribution in [1.82, 2.24) is 14.9 Å². The van der Waals surface area contributed by atoms with E-state index < -0.39 is 0 Å². The molecule has 8 nitrogen and oxygen atoms in total. The van der Waals surface area contributed by atoms with E-state index in [1.165, 1.54) is 23.0 Å². The van der Waals surface area contributed by atoms with Crippen LogP contribution in [0.4, 0.5) is 0 Å². The maximum atomic E-state index is 12.5. The van der Waals surface area contributed by atoms with Crippen molar-refractivity contribution >= 4 is 22.9 Å². The van der Waals surface area contributed by atoms with Crippen molar-refractivity contribution in [3.8, 4) is 23.1 Å².